The highest BCUT2D eigenvalue weighted by atomic mass is 35.5. The number of benzene rings is 2. The zero-order valence-electron chi connectivity index (χ0n) is 17.3. The van der Waals surface area contributed by atoms with E-state index >= 15 is 0 Å². The Bertz CT molecular complexity index is 974. The summed E-state index contributed by atoms with van der Waals surface area (Å²) in [7, 11) is -0.954. The Morgan fingerprint density at radius 3 is 2.43 bits per heavy atom. The number of sulfonamides is 1. The number of hydrogen-bond acceptors (Lipinski definition) is 4. The molecule has 2 aromatic carbocycles. The maximum absolute atomic E-state index is 12.8. The van der Waals surface area contributed by atoms with Crippen LogP contribution < -0.4 is 4.74 Å². The molecule has 0 unspecified atom stereocenters. The number of hydrogen-bond donors (Lipinski definition) is 0. The summed E-state index contributed by atoms with van der Waals surface area (Å²) < 4.78 is 31.8. The fourth-order valence-electron chi connectivity index (χ4n) is 3.70. The number of likely N-dealkylation sites (N-methyl/N-ethyl adjacent to an activating group) is 1. The van der Waals surface area contributed by atoms with Gasteiger partial charge in [-0.25, -0.2) is 8.42 Å². The average molecular weight is 451 g/mol. The zero-order chi connectivity index (χ0) is 21.7. The number of piperidine rings is 1. The first-order valence-electron chi connectivity index (χ1n) is 9.93. The number of rotatable bonds is 7. The predicted molar refractivity (Wildman–Crippen MR) is 117 cm³/mol. The number of carbonyl (C=O) groups excluding carboxylic acids is 1. The van der Waals surface area contributed by atoms with Crippen LogP contribution in [-0.2, 0) is 21.2 Å². The number of likely N-dealkylation sites (tertiary alicyclic amines) is 1. The maximum atomic E-state index is 12.8. The summed E-state index contributed by atoms with van der Waals surface area (Å²) in [6.45, 7) is 1.10. The van der Waals surface area contributed by atoms with Gasteiger partial charge >= 0.3 is 0 Å². The molecule has 30 heavy (non-hydrogen) atoms. The molecule has 0 spiro atoms. The molecular weight excluding hydrogens is 424 g/mol. The van der Waals surface area contributed by atoms with Crippen LogP contribution in [-0.4, -0.2) is 57.3 Å². The standard InChI is InChI=1S/C22H27ClN2O4S/c1-24(30(27,28)19-8-9-21(29-2)20(23)15-19)16-22(26)25-12-10-18(11-13-25)14-17-6-4-3-5-7-17/h3-9,15,18H,10-14,16H2,1-2H3. The van der Waals surface area contributed by atoms with Gasteiger partial charge in [0.05, 0.1) is 23.6 Å². The summed E-state index contributed by atoms with van der Waals surface area (Å²) in [5.74, 6) is 0.755. The van der Waals surface area contributed by atoms with Gasteiger partial charge in [0.1, 0.15) is 5.75 Å². The lowest BCUT2D eigenvalue weighted by Crippen LogP contribution is -2.44. The van der Waals surface area contributed by atoms with E-state index in [2.05, 4.69) is 12.1 Å². The molecule has 1 amide bonds. The van der Waals surface area contributed by atoms with Crippen molar-refractivity contribution in [3.8, 4) is 5.75 Å². The molecule has 0 saturated carbocycles. The van der Waals surface area contributed by atoms with Gasteiger partial charge in [0, 0.05) is 20.1 Å². The third kappa shape index (κ3) is 5.33. The van der Waals surface area contributed by atoms with Crippen molar-refractivity contribution in [2.75, 3.05) is 33.8 Å². The predicted octanol–water partition coefficient (Wildman–Crippen LogP) is 3.45. The fraction of sp³-hybridized carbons (Fsp3) is 0.409. The minimum absolute atomic E-state index is 0.0326. The second-order valence-electron chi connectivity index (χ2n) is 7.57. The van der Waals surface area contributed by atoms with Crippen LogP contribution in [0.5, 0.6) is 5.75 Å². The van der Waals surface area contributed by atoms with E-state index in [1.54, 1.807) is 4.90 Å². The van der Waals surface area contributed by atoms with Crippen molar-refractivity contribution in [2.24, 2.45) is 5.92 Å². The van der Waals surface area contributed by atoms with Gasteiger partial charge in [-0.3, -0.25) is 4.79 Å². The SMILES string of the molecule is COc1ccc(S(=O)(=O)N(C)CC(=O)N2CCC(Cc3ccccc3)CC2)cc1Cl. The van der Waals surface area contributed by atoms with Gasteiger partial charge < -0.3 is 9.64 Å². The van der Waals surface area contributed by atoms with Gasteiger partial charge in [-0.05, 0) is 48.9 Å². The van der Waals surface area contributed by atoms with Crippen molar-refractivity contribution in [3.63, 3.8) is 0 Å². The van der Waals surface area contributed by atoms with Crippen LogP contribution in [0.15, 0.2) is 53.4 Å². The van der Waals surface area contributed by atoms with Gasteiger partial charge in [-0.2, -0.15) is 4.31 Å². The molecule has 8 heteroatoms. The van der Waals surface area contributed by atoms with Crippen LogP contribution >= 0.6 is 11.6 Å². The molecule has 0 bridgehead atoms. The van der Waals surface area contributed by atoms with Crippen LogP contribution in [0.1, 0.15) is 18.4 Å². The largest absolute Gasteiger partial charge is 0.495 e. The Labute approximate surface area is 183 Å². The number of nitrogens with zero attached hydrogens (tertiary/aromatic N) is 2. The molecule has 1 heterocycles. The minimum atomic E-state index is -3.83. The normalized spacial score (nSPS) is 15.4. The molecule has 2 aromatic rings. The van der Waals surface area contributed by atoms with Gasteiger partial charge in [0.15, 0.2) is 0 Å². The van der Waals surface area contributed by atoms with Crippen molar-refractivity contribution in [1.82, 2.24) is 9.21 Å². The van der Waals surface area contributed by atoms with Crippen LogP contribution in [0.3, 0.4) is 0 Å². The van der Waals surface area contributed by atoms with E-state index in [0.717, 1.165) is 23.6 Å². The molecular formula is C22H27ClN2O4S. The van der Waals surface area contributed by atoms with Gasteiger partial charge in [0.25, 0.3) is 0 Å². The van der Waals surface area contributed by atoms with Crippen molar-refractivity contribution < 1.29 is 17.9 Å². The Balaban J connectivity index is 1.56. The highest BCUT2D eigenvalue weighted by Crippen LogP contribution is 2.28. The minimum Gasteiger partial charge on any atom is -0.495 e. The summed E-state index contributed by atoms with van der Waals surface area (Å²) >= 11 is 6.06. The molecule has 0 radical (unpaired) electrons. The quantitative estimate of drug-likeness (QED) is 0.648. The molecule has 1 aliphatic heterocycles. The summed E-state index contributed by atoms with van der Waals surface area (Å²) in [6.07, 6.45) is 2.85. The number of amides is 1. The number of halogens is 1. The lowest BCUT2D eigenvalue weighted by atomic mass is 9.90. The Morgan fingerprint density at radius 1 is 1.17 bits per heavy atom. The van der Waals surface area contributed by atoms with E-state index in [9.17, 15) is 13.2 Å². The monoisotopic (exact) mass is 450 g/mol. The van der Waals surface area contributed by atoms with Gasteiger partial charge in [0.2, 0.25) is 15.9 Å². The van der Waals surface area contributed by atoms with E-state index in [1.807, 2.05) is 18.2 Å². The Morgan fingerprint density at radius 2 is 1.83 bits per heavy atom. The Kier molecular flexibility index (Phi) is 7.39. The van der Waals surface area contributed by atoms with Crippen molar-refractivity contribution >= 4 is 27.5 Å². The van der Waals surface area contributed by atoms with Crippen LogP contribution in [0.25, 0.3) is 0 Å². The highest BCUT2D eigenvalue weighted by Gasteiger charge is 2.28. The highest BCUT2D eigenvalue weighted by molar-refractivity contribution is 7.89. The third-order valence-corrected chi connectivity index (χ3v) is 7.62. The summed E-state index contributed by atoms with van der Waals surface area (Å²) in [4.78, 5) is 14.5. The van der Waals surface area contributed by atoms with E-state index in [-0.39, 0.29) is 22.4 Å². The van der Waals surface area contributed by atoms with Gasteiger partial charge in [-0.1, -0.05) is 41.9 Å². The lowest BCUT2D eigenvalue weighted by molar-refractivity contribution is -0.132. The molecule has 1 fully saturated rings. The molecule has 0 N–H and O–H groups in total. The molecule has 162 valence electrons. The lowest BCUT2D eigenvalue weighted by Gasteiger charge is -2.33. The average Bonchev–Trinajstić information content (AvgIpc) is 2.74. The van der Waals surface area contributed by atoms with E-state index in [0.29, 0.717) is 24.8 Å². The van der Waals surface area contributed by atoms with E-state index in [1.165, 1.54) is 37.9 Å². The molecule has 1 saturated heterocycles. The second kappa shape index (κ2) is 9.81. The first kappa shape index (κ1) is 22.6. The smallest absolute Gasteiger partial charge is 0.243 e. The van der Waals surface area contributed by atoms with E-state index in [4.69, 9.17) is 16.3 Å². The van der Waals surface area contributed by atoms with E-state index < -0.39 is 10.0 Å². The summed E-state index contributed by atoms with van der Waals surface area (Å²) in [5.41, 5.74) is 1.31. The van der Waals surface area contributed by atoms with Crippen molar-refractivity contribution in [3.05, 3.63) is 59.1 Å². The first-order valence-corrected chi connectivity index (χ1v) is 11.7. The summed E-state index contributed by atoms with van der Waals surface area (Å²) in [6, 6.07) is 14.6. The first-order chi connectivity index (χ1) is 14.3. The number of methoxy groups -OCH3 is 1. The van der Waals surface area contributed by atoms with Gasteiger partial charge in [-0.15, -0.1) is 0 Å². The van der Waals surface area contributed by atoms with Crippen LogP contribution in [0, 0.1) is 5.92 Å². The molecule has 0 aliphatic carbocycles. The summed E-state index contributed by atoms with van der Waals surface area (Å²) in [5, 5.41) is 0.207. The van der Waals surface area contributed by atoms with Crippen LogP contribution in [0.4, 0.5) is 0 Å². The van der Waals surface area contributed by atoms with Crippen molar-refractivity contribution in [2.45, 2.75) is 24.2 Å². The zero-order valence-corrected chi connectivity index (χ0v) is 18.8. The molecule has 6 nitrogen and oxygen atoms in total. The molecule has 3 rings (SSSR count). The fourth-order valence-corrected chi connectivity index (χ4v) is 5.17. The maximum Gasteiger partial charge on any atom is 0.243 e. The molecule has 0 atom stereocenters. The second-order valence-corrected chi connectivity index (χ2v) is 10.0. The molecule has 1 aliphatic rings. The molecule has 0 aromatic heterocycles. The Hall–Kier alpha value is -2.09. The third-order valence-electron chi connectivity index (χ3n) is 5.52. The van der Waals surface area contributed by atoms with Crippen LogP contribution in [0.2, 0.25) is 5.02 Å². The number of ether oxygens (including phenoxy) is 1. The topological polar surface area (TPSA) is 66.9 Å². The van der Waals surface area contributed by atoms with Crippen molar-refractivity contribution in [1.29, 1.82) is 0 Å². The number of carbonyl (C=O) groups is 1.